The molecule has 0 radical (unpaired) electrons. The Balaban J connectivity index is 1.38. The molecule has 0 atom stereocenters. The first kappa shape index (κ1) is 24.5. The van der Waals surface area contributed by atoms with E-state index in [1.807, 2.05) is 24.3 Å². The highest BCUT2D eigenvalue weighted by molar-refractivity contribution is 8.04. The molecule has 1 aliphatic rings. The molecule has 4 aromatic rings. The van der Waals surface area contributed by atoms with Crippen LogP contribution in [0.1, 0.15) is 11.1 Å². The Morgan fingerprint density at radius 2 is 1.73 bits per heavy atom. The predicted octanol–water partition coefficient (Wildman–Crippen LogP) is 3.94. The normalized spacial score (nSPS) is 14.2. The minimum Gasteiger partial charge on any atom is -0.496 e. The number of carbonyl (C=O) groups excluding carboxylic acids is 1. The third kappa shape index (κ3) is 5.06. The lowest BCUT2D eigenvalue weighted by molar-refractivity contribution is -0.112. The van der Waals surface area contributed by atoms with E-state index >= 15 is 0 Å². The minimum atomic E-state index is -3.77. The van der Waals surface area contributed by atoms with Crippen LogP contribution in [0.4, 0.5) is 5.69 Å². The molecule has 0 bridgehead atoms. The maximum absolute atomic E-state index is 13.3. The van der Waals surface area contributed by atoms with Crippen LogP contribution in [0.15, 0.2) is 75.4 Å². The maximum Gasteiger partial charge on any atom is 0.262 e. The van der Waals surface area contributed by atoms with Crippen LogP contribution in [0.5, 0.6) is 11.5 Å². The molecule has 188 valence electrons. The van der Waals surface area contributed by atoms with Gasteiger partial charge in [0.25, 0.3) is 5.91 Å². The Hall–Kier alpha value is -4.16. The van der Waals surface area contributed by atoms with E-state index in [0.717, 1.165) is 16.0 Å². The molecule has 0 aliphatic carbocycles. The Bertz CT molecular complexity index is 1580. The molecule has 2 heterocycles. The van der Waals surface area contributed by atoms with Crippen LogP contribution in [0.2, 0.25) is 0 Å². The van der Waals surface area contributed by atoms with Gasteiger partial charge in [0.1, 0.15) is 11.5 Å². The number of carbonyl (C=O) groups is 1. The molecule has 1 amide bonds. The number of hydrogen-bond acceptors (Lipinski definition) is 9. The smallest absolute Gasteiger partial charge is 0.262 e. The Labute approximate surface area is 217 Å². The summed E-state index contributed by atoms with van der Waals surface area (Å²) < 4.78 is 37.2. The van der Waals surface area contributed by atoms with Gasteiger partial charge in [-0.1, -0.05) is 42.1 Å². The molecular weight excluding hydrogens is 514 g/mol. The van der Waals surface area contributed by atoms with E-state index in [1.54, 1.807) is 30.3 Å². The SMILES string of the molecule is COc1cccc(OC)c1CS(=O)(=O)c1ccc2c(c1)NC(=O)C(=Cc1ccc(-c3nn[nH]n3)cc1)S2. The summed E-state index contributed by atoms with van der Waals surface area (Å²) in [5, 5.41) is 16.7. The van der Waals surface area contributed by atoms with Crippen molar-refractivity contribution in [2.45, 2.75) is 15.5 Å². The van der Waals surface area contributed by atoms with Crippen LogP contribution in [0.25, 0.3) is 17.5 Å². The number of aromatic nitrogens is 4. The lowest BCUT2D eigenvalue weighted by atomic mass is 10.1. The van der Waals surface area contributed by atoms with E-state index in [4.69, 9.17) is 9.47 Å². The first-order chi connectivity index (χ1) is 17.9. The number of fused-ring (bicyclic) bond motifs is 1. The van der Waals surface area contributed by atoms with Crippen LogP contribution in [0, 0.1) is 0 Å². The number of H-pyrrole nitrogens is 1. The zero-order valence-electron chi connectivity index (χ0n) is 19.8. The lowest BCUT2D eigenvalue weighted by Crippen LogP contribution is -2.18. The van der Waals surface area contributed by atoms with Gasteiger partial charge in [0, 0.05) is 10.5 Å². The van der Waals surface area contributed by atoms with E-state index in [0.29, 0.717) is 33.5 Å². The number of sulfone groups is 1. The Morgan fingerprint density at radius 1 is 1.00 bits per heavy atom. The van der Waals surface area contributed by atoms with Gasteiger partial charge in [-0.2, -0.15) is 5.21 Å². The zero-order valence-corrected chi connectivity index (χ0v) is 21.4. The molecule has 0 fully saturated rings. The van der Waals surface area contributed by atoms with Gasteiger partial charge in [0.2, 0.25) is 5.82 Å². The van der Waals surface area contributed by atoms with Gasteiger partial charge in [-0.05, 0) is 47.2 Å². The number of tetrazole rings is 1. The molecule has 0 spiro atoms. The van der Waals surface area contributed by atoms with Crippen molar-refractivity contribution in [3.63, 3.8) is 0 Å². The van der Waals surface area contributed by atoms with Crippen molar-refractivity contribution >= 4 is 39.3 Å². The monoisotopic (exact) mass is 535 g/mol. The van der Waals surface area contributed by atoms with Crippen molar-refractivity contribution in [3.05, 3.63) is 76.7 Å². The fourth-order valence-corrected chi connectivity index (χ4v) is 6.18. The average Bonchev–Trinajstić information content (AvgIpc) is 3.44. The van der Waals surface area contributed by atoms with Gasteiger partial charge >= 0.3 is 0 Å². The van der Waals surface area contributed by atoms with Crippen molar-refractivity contribution in [2.24, 2.45) is 0 Å². The second kappa shape index (κ2) is 10.1. The summed E-state index contributed by atoms with van der Waals surface area (Å²) in [6.45, 7) is 0. The van der Waals surface area contributed by atoms with Gasteiger partial charge in [0.05, 0.1) is 41.0 Å². The van der Waals surface area contributed by atoms with Crippen LogP contribution in [-0.2, 0) is 20.4 Å². The highest BCUT2D eigenvalue weighted by Gasteiger charge is 2.26. The summed E-state index contributed by atoms with van der Waals surface area (Å²) in [5.41, 5.74) is 2.48. The molecule has 3 aromatic carbocycles. The molecule has 0 saturated carbocycles. The molecule has 2 N–H and O–H groups in total. The third-order valence-electron chi connectivity index (χ3n) is 5.68. The summed E-state index contributed by atoms with van der Waals surface area (Å²) in [6, 6.07) is 17.2. The molecule has 10 nitrogen and oxygen atoms in total. The highest BCUT2D eigenvalue weighted by Crippen LogP contribution is 2.41. The largest absolute Gasteiger partial charge is 0.496 e. The van der Waals surface area contributed by atoms with Crippen molar-refractivity contribution in [3.8, 4) is 22.9 Å². The van der Waals surface area contributed by atoms with Gasteiger partial charge in [-0.15, -0.1) is 10.2 Å². The van der Waals surface area contributed by atoms with E-state index < -0.39 is 9.84 Å². The number of amides is 1. The van der Waals surface area contributed by atoms with Crippen LogP contribution < -0.4 is 14.8 Å². The molecule has 1 aliphatic heterocycles. The standard InChI is InChI=1S/C25H21N5O5S2/c1-34-20-4-3-5-21(35-2)18(20)14-37(32,33)17-10-11-22-19(13-17)26-25(31)23(36-22)12-15-6-8-16(9-7-15)24-27-29-30-28-24/h3-13H,14H2,1-2H3,(H,26,31)(H,27,28,29,30). The molecule has 0 unspecified atom stereocenters. The fourth-order valence-electron chi connectivity index (χ4n) is 3.84. The second-order valence-electron chi connectivity index (χ2n) is 7.98. The van der Waals surface area contributed by atoms with E-state index in [9.17, 15) is 13.2 Å². The van der Waals surface area contributed by atoms with E-state index in [2.05, 4.69) is 25.9 Å². The highest BCUT2D eigenvalue weighted by atomic mass is 32.2. The predicted molar refractivity (Wildman–Crippen MR) is 139 cm³/mol. The Morgan fingerprint density at radius 3 is 2.38 bits per heavy atom. The quantitative estimate of drug-likeness (QED) is 0.337. The first-order valence-corrected chi connectivity index (χ1v) is 13.5. The lowest BCUT2D eigenvalue weighted by Gasteiger charge is -2.20. The molecule has 1 aromatic heterocycles. The number of nitrogens with zero attached hydrogens (tertiary/aromatic N) is 3. The summed E-state index contributed by atoms with van der Waals surface area (Å²) in [6.07, 6.45) is 1.77. The molecule has 0 saturated heterocycles. The van der Waals surface area contributed by atoms with Gasteiger partial charge in [-0.3, -0.25) is 4.79 Å². The van der Waals surface area contributed by atoms with Gasteiger partial charge in [0.15, 0.2) is 9.84 Å². The number of methoxy groups -OCH3 is 2. The zero-order chi connectivity index (χ0) is 26.0. The average molecular weight is 536 g/mol. The van der Waals surface area contributed by atoms with Crippen LogP contribution >= 0.6 is 11.8 Å². The van der Waals surface area contributed by atoms with Gasteiger partial charge in [-0.25, -0.2) is 8.42 Å². The third-order valence-corrected chi connectivity index (χ3v) is 8.42. The number of ether oxygens (including phenoxy) is 2. The summed E-state index contributed by atoms with van der Waals surface area (Å²) >= 11 is 1.27. The Kier molecular flexibility index (Phi) is 6.68. The maximum atomic E-state index is 13.3. The molecule has 37 heavy (non-hydrogen) atoms. The number of nitrogens with one attached hydrogen (secondary N) is 2. The summed E-state index contributed by atoms with van der Waals surface area (Å²) in [5.74, 6) is 0.689. The number of thioether (sulfide) groups is 1. The van der Waals surface area contributed by atoms with Crippen LogP contribution in [-0.4, -0.2) is 49.2 Å². The van der Waals surface area contributed by atoms with Crippen LogP contribution in [0.3, 0.4) is 0 Å². The first-order valence-electron chi connectivity index (χ1n) is 11.0. The van der Waals surface area contributed by atoms with Gasteiger partial charge < -0.3 is 14.8 Å². The molecule has 12 heteroatoms. The minimum absolute atomic E-state index is 0.0876. The topological polar surface area (TPSA) is 136 Å². The summed E-state index contributed by atoms with van der Waals surface area (Å²) in [4.78, 5) is 14.1. The fraction of sp³-hybridized carbons (Fsp3) is 0.120. The number of rotatable bonds is 7. The van der Waals surface area contributed by atoms with Crippen molar-refractivity contribution in [1.29, 1.82) is 0 Å². The number of aromatic amines is 1. The second-order valence-corrected chi connectivity index (χ2v) is 11.1. The molecular formula is C25H21N5O5S2. The van der Waals surface area contributed by atoms with Crippen molar-refractivity contribution in [1.82, 2.24) is 20.6 Å². The number of anilines is 1. The van der Waals surface area contributed by atoms with E-state index in [-0.39, 0.29) is 16.6 Å². The van der Waals surface area contributed by atoms with E-state index in [1.165, 1.54) is 38.1 Å². The van der Waals surface area contributed by atoms with Crippen molar-refractivity contribution < 1.29 is 22.7 Å². The number of benzene rings is 3. The summed E-state index contributed by atoms with van der Waals surface area (Å²) in [7, 11) is -0.814. The molecule has 5 rings (SSSR count). The number of hydrogen-bond donors (Lipinski definition) is 2. The van der Waals surface area contributed by atoms with Crippen molar-refractivity contribution in [2.75, 3.05) is 19.5 Å².